The van der Waals surface area contributed by atoms with Crippen molar-refractivity contribution < 1.29 is 9.47 Å². The number of ether oxygens (including phenoxy) is 2. The quantitative estimate of drug-likeness (QED) is 0.632. The maximum absolute atomic E-state index is 5.88. The fourth-order valence-electron chi connectivity index (χ4n) is 2.21. The Morgan fingerprint density at radius 1 is 1.21 bits per heavy atom. The van der Waals surface area contributed by atoms with Crippen LogP contribution in [0.2, 0.25) is 0 Å². The lowest BCUT2D eigenvalue weighted by Gasteiger charge is -2.32. The predicted octanol–water partition coefficient (Wildman–Crippen LogP) is 2.09. The van der Waals surface area contributed by atoms with Crippen molar-refractivity contribution in [3.8, 4) is 0 Å². The first-order valence-corrected chi connectivity index (χ1v) is 5.13. The highest BCUT2D eigenvalue weighted by Crippen LogP contribution is 2.43. The normalized spacial score (nSPS) is 40.4. The molecule has 0 aromatic heterocycles. The summed E-state index contributed by atoms with van der Waals surface area (Å²) in [5.41, 5.74) is 1.12. The Hall–Kier alpha value is -0.860. The first-order chi connectivity index (χ1) is 6.78. The van der Waals surface area contributed by atoms with Gasteiger partial charge in [-0.15, -0.1) is 0 Å². The van der Waals surface area contributed by atoms with Crippen LogP contribution in [-0.4, -0.2) is 18.8 Å². The van der Waals surface area contributed by atoms with Crippen LogP contribution in [0.25, 0.3) is 0 Å². The molecule has 74 valence electrons. The first-order valence-electron chi connectivity index (χ1n) is 5.13. The molecule has 0 bridgehead atoms. The molecule has 14 heavy (non-hydrogen) atoms. The van der Waals surface area contributed by atoms with Gasteiger partial charge in [0.2, 0.25) is 0 Å². The third-order valence-corrected chi connectivity index (χ3v) is 3.23. The number of rotatable bonds is 1. The van der Waals surface area contributed by atoms with Crippen LogP contribution in [0.1, 0.15) is 18.9 Å². The van der Waals surface area contributed by atoms with Crippen molar-refractivity contribution in [2.24, 2.45) is 0 Å². The molecule has 2 fully saturated rings. The molecule has 0 N–H and O–H groups in total. The standard InChI is InChI=1S/C12H14O2/c1-12(9-5-3-2-4-6-9)7-10-11(14-10)8-13-12/h2-6,10-11H,7-8H2,1H3/t10?,11?,12-/m1/s1. The molecule has 2 heterocycles. The maximum atomic E-state index is 5.88. The minimum absolute atomic E-state index is 0.140. The summed E-state index contributed by atoms with van der Waals surface area (Å²) in [5.74, 6) is 0. The van der Waals surface area contributed by atoms with Gasteiger partial charge >= 0.3 is 0 Å². The van der Waals surface area contributed by atoms with Crippen molar-refractivity contribution in [1.82, 2.24) is 0 Å². The molecule has 0 amide bonds. The van der Waals surface area contributed by atoms with Crippen LogP contribution in [0.4, 0.5) is 0 Å². The van der Waals surface area contributed by atoms with E-state index in [1.807, 2.05) is 6.07 Å². The van der Waals surface area contributed by atoms with Gasteiger partial charge in [-0.2, -0.15) is 0 Å². The lowest BCUT2D eigenvalue weighted by Crippen LogP contribution is -2.34. The van der Waals surface area contributed by atoms with Crippen LogP contribution < -0.4 is 0 Å². The Kier molecular flexibility index (Phi) is 1.70. The van der Waals surface area contributed by atoms with Crippen molar-refractivity contribution >= 4 is 0 Å². The lowest BCUT2D eigenvalue weighted by molar-refractivity contribution is -0.0577. The third kappa shape index (κ3) is 1.26. The second kappa shape index (κ2) is 2.81. The van der Waals surface area contributed by atoms with E-state index in [4.69, 9.17) is 9.47 Å². The Morgan fingerprint density at radius 3 is 2.71 bits per heavy atom. The third-order valence-electron chi connectivity index (χ3n) is 3.23. The second-order valence-electron chi connectivity index (χ2n) is 4.32. The molecule has 3 atom stereocenters. The van der Waals surface area contributed by atoms with E-state index in [0.717, 1.165) is 13.0 Å². The molecule has 0 spiro atoms. The Morgan fingerprint density at radius 2 is 2.00 bits per heavy atom. The zero-order valence-corrected chi connectivity index (χ0v) is 8.27. The van der Waals surface area contributed by atoms with E-state index < -0.39 is 0 Å². The van der Waals surface area contributed by atoms with E-state index in [1.54, 1.807) is 0 Å². The van der Waals surface area contributed by atoms with Gasteiger partial charge in [0, 0.05) is 6.42 Å². The van der Waals surface area contributed by atoms with Crippen LogP contribution in [-0.2, 0) is 15.1 Å². The van der Waals surface area contributed by atoms with E-state index in [9.17, 15) is 0 Å². The summed E-state index contributed by atoms with van der Waals surface area (Å²) in [4.78, 5) is 0. The molecule has 0 radical (unpaired) electrons. The molecule has 2 unspecified atom stereocenters. The molecular formula is C12H14O2. The number of fused-ring (bicyclic) bond motifs is 1. The van der Waals surface area contributed by atoms with E-state index in [0.29, 0.717) is 12.2 Å². The molecule has 2 saturated heterocycles. The monoisotopic (exact) mass is 190 g/mol. The molecule has 0 saturated carbocycles. The maximum Gasteiger partial charge on any atom is 0.108 e. The summed E-state index contributed by atoms with van der Waals surface area (Å²) in [6.07, 6.45) is 1.81. The van der Waals surface area contributed by atoms with Crippen LogP contribution in [0.15, 0.2) is 30.3 Å². The number of benzene rings is 1. The highest BCUT2D eigenvalue weighted by molar-refractivity contribution is 5.23. The molecule has 3 rings (SSSR count). The molecule has 2 aliphatic rings. The summed E-state index contributed by atoms with van der Waals surface area (Å²) < 4.78 is 11.4. The molecule has 1 aromatic carbocycles. The van der Waals surface area contributed by atoms with E-state index in [-0.39, 0.29) is 5.60 Å². The molecule has 1 aromatic rings. The van der Waals surface area contributed by atoms with Gasteiger partial charge in [0.05, 0.1) is 18.3 Å². The van der Waals surface area contributed by atoms with Gasteiger partial charge in [0.25, 0.3) is 0 Å². The summed E-state index contributed by atoms with van der Waals surface area (Å²) >= 11 is 0. The Balaban J connectivity index is 1.89. The summed E-state index contributed by atoms with van der Waals surface area (Å²) in [6, 6.07) is 10.4. The minimum Gasteiger partial charge on any atom is -0.368 e. The lowest BCUT2D eigenvalue weighted by atomic mass is 9.88. The van der Waals surface area contributed by atoms with Gasteiger partial charge in [-0.1, -0.05) is 30.3 Å². The molecule has 2 aliphatic heterocycles. The van der Waals surface area contributed by atoms with Gasteiger partial charge in [0.15, 0.2) is 0 Å². The molecule has 0 aliphatic carbocycles. The minimum atomic E-state index is -0.140. The van der Waals surface area contributed by atoms with Gasteiger partial charge in [-0.05, 0) is 12.5 Å². The Labute approximate surface area is 83.8 Å². The molecule has 2 heteroatoms. The van der Waals surface area contributed by atoms with Crippen molar-refractivity contribution in [2.75, 3.05) is 6.61 Å². The fraction of sp³-hybridized carbons (Fsp3) is 0.500. The largest absolute Gasteiger partial charge is 0.368 e. The average Bonchev–Trinajstić information content (AvgIpc) is 2.97. The zero-order chi connectivity index (χ0) is 9.60. The predicted molar refractivity (Wildman–Crippen MR) is 53.0 cm³/mol. The highest BCUT2D eigenvalue weighted by Gasteiger charge is 2.50. The van der Waals surface area contributed by atoms with Crippen molar-refractivity contribution in [3.05, 3.63) is 35.9 Å². The van der Waals surface area contributed by atoms with Gasteiger partial charge in [0.1, 0.15) is 6.10 Å². The average molecular weight is 190 g/mol. The van der Waals surface area contributed by atoms with Gasteiger partial charge < -0.3 is 9.47 Å². The van der Waals surface area contributed by atoms with Crippen molar-refractivity contribution in [1.29, 1.82) is 0 Å². The Bertz CT molecular complexity index is 335. The smallest absolute Gasteiger partial charge is 0.108 e. The van der Waals surface area contributed by atoms with E-state index in [2.05, 4.69) is 31.2 Å². The summed E-state index contributed by atoms with van der Waals surface area (Å²) in [7, 11) is 0. The van der Waals surface area contributed by atoms with Gasteiger partial charge in [-0.3, -0.25) is 0 Å². The van der Waals surface area contributed by atoms with E-state index in [1.165, 1.54) is 5.56 Å². The summed E-state index contributed by atoms with van der Waals surface area (Å²) in [5, 5.41) is 0. The molecular weight excluding hydrogens is 176 g/mol. The van der Waals surface area contributed by atoms with Crippen LogP contribution in [0.3, 0.4) is 0 Å². The summed E-state index contributed by atoms with van der Waals surface area (Å²) in [6.45, 7) is 2.90. The van der Waals surface area contributed by atoms with Crippen LogP contribution in [0.5, 0.6) is 0 Å². The van der Waals surface area contributed by atoms with Crippen LogP contribution >= 0.6 is 0 Å². The zero-order valence-electron chi connectivity index (χ0n) is 8.27. The van der Waals surface area contributed by atoms with Crippen molar-refractivity contribution in [3.63, 3.8) is 0 Å². The van der Waals surface area contributed by atoms with Gasteiger partial charge in [-0.25, -0.2) is 0 Å². The highest BCUT2D eigenvalue weighted by atomic mass is 16.6. The van der Waals surface area contributed by atoms with E-state index >= 15 is 0 Å². The SMILES string of the molecule is C[C@]1(c2ccccc2)CC2OC2CO1. The topological polar surface area (TPSA) is 21.8 Å². The molecule has 2 nitrogen and oxygen atoms in total. The number of hydrogen-bond acceptors (Lipinski definition) is 2. The van der Waals surface area contributed by atoms with Crippen molar-refractivity contribution in [2.45, 2.75) is 31.2 Å². The second-order valence-corrected chi connectivity index (χ2v) is 4.32. The van der Waals surface area contributed by atoms with Crippen LogP contribution in [0, 0.1) is 0 Å². The number of hydrogen-bond donors (Lipinski definition) is 0. The first kappa shape index (κ1) is 8.45. The number of epoxide rings is 1. The fourth-order valence-corrected chi connectivity index (χ4v) is 2.21.